The minimum Gasteiger partial charge on any atom is -0.336 e. The molecule has 19 heavy (non-hydrogen) atoms. The lowest BCUT2D eigenvalue weighted by Gasteiger charge is -2.34. The van der Waals surface area contributed by atoms with Crippen LogP contribution in [0.4, 0.5) is 0 Å². The summed E-state index contributed by atoms with van der Waals surface area (Å²) in [6.45, 7) is 3.07. The van der Waals surface area contributed by atoms with Gasteiger partial charge in [0.2, 0.25) is 5.91 Å². The fraction of sp³-hybridized carbons (Fsp3) is 0.438. The van der Waals surface area contributed by atoms with E-state index < -0.39 is 0 Å². The number of nitrogens with zero attached hydrogens (tertiary/aromatic N) is 1. The van der Waals surface area contributed by atoms with Gasteiger partial charge >= 0.3 is 0 Å². The van der Waals surface area contributed by atoms with Gasteiger partial charge in [0.1, 0.15) is 0 Å². The van der Waals surface area contributed by atoms with Crippen LogP contribution in [0.15, 0.2) is 34.8 Å². The lowest BCUT2D eigenvalue weighted by atomic mass is 10.00. The molecular formula is C16H20BrNO. The lowest BCUT2D eigenvalue weighted by molar-refractivity contribution is -0.129. The minimum absolute atomic E-state index is 0.148. The molecule has 0 N–H and O–H groups in total. The number of likely N-dealkylation sites (tertiary alicyclic amines) is 1. The standard InChI is InChI=1S/C16H20BrNO/c1-2-15-5-3-4-12-18(15)16(19)11-8-13-6-9-14(17)10-7-13/h6-11,15H,2-5,12H2,1H3. The third-order valence-electron chi connectivity index (χ3n) is 3.67. The first-order valence-corrected chi connectivity index (χ1v) is 7.74. The summed E-state index contributed by atoms with van der Waals surface area (Å²) in [5.41, 5.74) is 1.06. The first-order chi connectivity index (χ1) is 9.20. The summed E-state index contributed by atoms with van der Waals surface area (Å²) in [5.74, 6) is 0.148. The topological polar surface area (TPSA) is 20.3 Å². The molecule has 2 nitrogen and oxygen atoms in total. The summed E-state index contributed by atoms with van der Waals surface area (Å²) in [5, 5.41) is 0. The van der Waals surface area contributed by atoms with E-state index >= 15 is 0 Å². The number of hydrogen-bond donors (Lipinski definition) is 0. The number of rotatable bonds is 3. The predicted molar refractivity (Wildman–Crippen MR) is 82.8 cm³/mol. The second kappa shape index (κ2) is 6.90. The van der Waals surface area contributed by atoms with Crippen LogP contribution in [0.1, 0.15) is 38.2 Å². The zero-order chi connectivity index (χ0) is 13.7. The second-order valence-corrected chi connectivity index (χ2v) is 5.89. The molecule has 0 aliphatic carbocycles. The van der Waals surface area contributed by atoms with E-state index in [1.807, 2.05) is 35.2 Å². The third kappa shape index (κ3) is 3.93. The zero-order valence-corrected chi connectivity index (χ0v) is 12.9. The molecule has 0 spiro atoms. The van der Waals surface area contributed by atoms with Gasteiger partial charge in [0.15, 0.2) is 0 Å². The average molecular weight is 322 g/mol. The van der Waals surface area contributed by atoms with Crippen molar-refractivity contribution < 1.29 is 4.79 Å². The maximum Gasteiger partial charge on any atom is 0.246 e. The summed E-state index contributed by atoms with van der Waals surface area (Å²) in [6, 6.07) is 8.40. The summed E-state index contributed by atoms with van der Waals surface area (Å²) >= 11 is 3.41. The van der Waals surface area contributed by atoms with Gasteiger partial charge < -0.3 is 4.90 Å². The van der Waals surface area contributed by atoms with E-state index in [2.05, 4.69) is 22.9 Å². The van der Waals surface area contributed by atoms with Crippen molar-refractivity contribution in [3.05, 3.63) is 40.4 Å². The molecule has 1 amide bonds. The molecule has 1 fully saturated rings. The highest BCUT2D eigenvalue weighted by Crippen LogP contribution is 2.20. The molecule has 2 rings (SSSR count). The van der Waals surface area contributed by atoms with Gasteiger partial charge in [-0.25, -0.2) is 0 Å². The largest absolute Gasteiger partial charge is 0.336 e. The van der Waals surface area contributed by atoms with Gasteiger partial charge in [-0.05, 0) is 49.5 Å². The lowest BCUT2D eigenvalue weighted by Crippen LogP contribution is -2.42. The quantitative estimate of drug-likeness (QED) is 0.762. The monoisotopic (exact) mass is 321 g/mol. The molecule has 1 aliphatic heterocycles. The van der Waals surface area contributed by atoms with Gasteiger partial charge in [-0.2, -0.15) is 0 Å². The second-order valence-electron chi connectivity index (χ2n) is 4.97. The number of benzene rings is 1. The van der Waals surface area contributed by atoms with Gasteiger partial charge in [0, 0.05) is 23.1 Å². The molecule has 0 aromatic heterocycles. The smallest absolute Gasteiger partial charge is 0.246 e. The van der Waals surface area contributed by atoms with Crippen LogP contribution in [-0.2, 0) is 4.79 Å². The molecule has 1 aromatic rings. The van der Waals surface area contributed by atoms with E-state index in [1.165, 1.54) is 6.42 Å². The van der Waals surface area contributed by atoms with Gasteiger partial charge in [-0.15, -0.1) is 0 Å². The average Bonchev–Trinajstić information content (AvgIpc) is 2.46. The number of hydrogen-bond acceptors (Lipinski definition) is 1. The summed E-state index contributed by atoms with van der Waals surface area (Å²) in [4.78, 5) is 14.3. The fourth-order valence-electron chi connectivity index (χ4n) is 2.55. The van der Waals surface area contributed by atoms with Crippen LogP contribution in [0.25, 0.3) is 6.08 Å². The van der Waals surface area contributed by atoms with E-state index in [9.17, 15) is 4.79 Å². The molecule has 1 saturated heterocycles. The molecule has 0 bridgehead atoms. The minimum atomic E-state index is 0.148. The molecule has 3 heteroatoms. The van der Waals surface area contributed by atoms with Crippen LogP contribution in [-0.4, -0.2) is 23.4 Å². The van der Waals surface area contributed by atoms with Gasteiger partial charge in [0.25, 0.3) is 0 Å². The van der Waals surface area contributed by atoms with Crippen LogP contribution in [0.2, 0.25) is 0 Å². The van der Waals surface area contributed by atoms with Crippen LogP contribution in [0.3, 0.4) is 0 Å². The van der Waals surface area contributed by atoms with E-state index in [0.29, 0.717) is 6.04 Å². The van der Waals surface area contributed by atoms with Crippen LogP contribution in [0, 0.1) is 0 Å². The van der Waals surface area contributed by atoms with Crippen LogP contribution >= 0.6 is 15.9 Å². The van der Waals surface area contributed by atoms with Crippen molar-refractivity contribution in [3.8, 4) is 0 Å². The third-order valence-corrected chi connectivity index (χ3v) is 4.20. The Kier molecular flexibility index (Phi) is 5.20. The molecule has 102 valence electrons. The molecule has 1 aromatic carbocycles. The molecule has 1 unspecified atom stereocenters. The highest BCUT2D eigenvalue weighted by Gasteiger charge is 2.23. The van der Waals surface area contributed by atoms with Crippen molar-refractivity contribution in [2.24, 2.45) is 0 Å². The van der Waals surface area contributed by atoms with E-state index in [1.54, 1.807) is 6.08 Å². The highest BCUT2D eigenvalue weighted by atomic mass is 79.9. The fourth-order valence-corrected chi connectivity index (χ4v) is 2.82. The molecule has 1 heterocycles. The molecule has 1 atom stereocenters. The first-order valence-electron chi connectivity index (χ1n) is 6.95. The number of halogens is 1. The van der Waals surface area contributed by atoms with Crippen molar-refractivity contribution in [3.63, 3.8) is 0 Å². The first kappa shape index (κ1) is 14.3. The number of carbonyl (C=O) groups excluding carboxylic acids is 1. The molecule has 0 radical (unpaired) electrons. The summed E-state index contributed by atoms with van der Waals surface area (Å²) in [6.07, 6.45) is 8.19. The normalized spacial score (nSPS) is 19.9. The van der Waals surface area contributed by atoms with Gasteiger partial charge in [-0.3, -0.25) is 4.79 Å². The van der Waals surface area contributed by atoms with E-state index in [0.717, 1.165) is 35.8 Å². The maximum absolute atomic E-state index is 12.2. The van der Waals surface area contributed by atoms with Gasteiger partial charge in [0.05, 0.1) is 0 Å². The van der Waals surface area contributed by atoms with Crippen molar-refractivity contribution in [1.29, 1.82) is 0 Å². The number of carbonyl (C=O) groups is 1. The van der Waals surface area contributed by atoms with Crippen molar-refractivity contribution in [2.75, 3.05) is 6.54 Å². The predicted octanol–water partition coefficient (Wildman–Crippen LogP) is 4.25. The Labute approximate surface area is 123 Å². The van der Waals surface area contributed by atoms with E-state index in [-0.39, 0.29) is 5.91 Å². The van der Waals surface area contributed by atoms with Crippen LogP contribution in [0.5, 0.6) is 0 Å². The Hall–Kier alpha value is -1.09. The highest BCUT2D eigenvalue weighted by molar-refractivity contribution is 9.10. The number of piperidine rings is 1. The Bertz CT molecular complexity index is 452. The molecule has 0 saturated carbocycles. The van der Waals surface area contributed by atoms with Crippen molar-refractivity contribution in [1.82, 2.24) is 4.90 Å². The zero-order valence-electron chi connectivity index (χ0n) is 11.3. The molecule has 1 aliphatic rings. The Balaban J connectivity index is 2.01. The summed E-state index contributed by atoms with van der Waals surface area (Å²) < 4.78 is 1.05. The van der Waals surface area contributed by atoms with Gasteiger partial charge in [-0.1, -0.05) is 35.0 Å². The van der Waals surface area contributed by atoms with E-state index in [4.69, 9.17) is 0 Å². The Morgan fingerprint density at radius 2 is 2.11 bits per heavy atom. The van der Waals surface area contributed by atoms with Crippen molar-refractivity contribution in [2.45, 2.75) is 38.6 Å². The molecular weight excluding hydrogens is 302 g/mol. The van der Waals surface area contributed by atoms with Crippen molar-refractivity contribution >= 4 is 27.9 Å². The number of amides is 1. The summed E-state index contributed by atoms with van der Waals surface area (Å²) in [7, 11) is 0. The Morgan fingerprint density at radius 3 is 2.79 bits per heavy atom. The SMILES string of the molecule is CCC1CCCCN1C(=O)C=Cc1ccc(Br)cc1. The maximum atomic E-state index is 12.2. The Morgan fingerprint density at radius 1 is 1.37 bits per heavy atom. The van der Waals surface area contributed by atoms with Crippen LogP contribution < -0.4 is 0 Å².